The number of rotatable bonds is 5. The van der Waals surface area contributed by atoms with Crippen LogP contribution in [0.1, 0.15) is 24.2 Å². The predicted octanol–water partition coefficient (Wildman–Crippen LogP) is 3.12. The predicted molar refractivity (Wildman–Crippen MR) is 83.9 cm³/mol. The second kappa shape index (κ2) is 7.25. The lowest BCUT2D eigenvalue weighted by Gasteiger charge is -2.23. The first-order valence-corrected chi connectivity index (χ1v) is 8.02. The Hall–Kier alpha value is -0.600. The maximum atomic E-state index is 12.4. The molecule has 0 radical (unpaired) electrons. The van der Waals surface area contributed by atoms with E-state index in [1.165, 1.54) is 11.3 Å². The molecule has 1 aromatic rings. The van der Waals surface area contributed by atoms with Crippen LogP contribution in [-0.2, 0) is 0 Å². The minimum atomic E-state index is -0.199. The Morgan fingerprint density at radius 1 is 1.63 bits per heavy atom. The van der Waals surface area contributed by atoms with Gasteiger partial charge in [-0.3, -0.25) is 4.79 Å². The lowest BCUT2D eigenvalue weighted by atomic mass is 10.1. The molecule has 1 heterocycles. The van der Waals surface area contributed by atoms with Crippen molar-refractivity contribution in [3.05, 3.63) is 19.2 Å². The number of hydrogen-bond acceptors (Lipinski definition) is 4. The zero-order valence-corrected chi connectivity index (χ0v) is 14.5. The second-order valence-electron chi connectivity index (χ2n) is 4.01. The Labute approximate surface area is 132 Å². The monoisotopic (exact) mass is 411 g/mol. The van der Waals surface area contributed by atoms with Gasteiger partial charge in [0.25, 0.3) is 5.91 Å². The van der Waals surface area contributed by atoms with Crippen molar-refractivity contribution in [2.45, 2.75) is 13.8 Å². The van der Waals surface area contributed by atoms with Crippen LogP contribution in [0.2, 0.25) is 0 Å². The van der Waals surface area contributed by atoms with Gasteiger partial charge in [0.2, 0.25) is 0 Å². The molecule has 0 saturated carbocycles. The second-order valence-corrected chi connectivity index (χ2v) is 7.76. The molecule has 0 fully saturated rings. The summed E-state index contributed by atoms with van der Waals surface area (Å²) in [6.07, 6.45) is 0. The number of nitrogens with zero attached hydrogens (tertiary/aromatic N) is 2. The van der Waals surface area contributed by atoms with E-state index in [1.54, 1.807) is 11.0 Å². The van der Waals surface area contributed by atoms with Gasteiger partial charge in [-0.25, -0.2) is 0 Å². The van der Waals surface area contributed by atoms with Gasteiger partial charge in [0, 0.05) is 19.0 Å². The highest BCUT2D eigenvalue weighted by Gasteiger charge is 2.22. The first-order chi connectivity index (χ1) is 8.90. The Kier molecular flexibility index (Phi) is 6.28. The lowest BCUT2D eigenvalue weighted by Crippen LogP contribution is -2.38. The normalized spacial score (nSPS) is 13.4. The van der Waals surface area contributed by atoms with E-state index in [1.807, 2.05) is 13.8 Å². The van der Waals surface area contributed by atoms with Gasteiger partial charge in [0.05, 0.1) is 13.1 Å². The highest BCUT2D eigenvalue weighted by Crippen LogP contribution is 2.32. The van der Waals surface area contributed by atoms with E-state index in [2.05, 4.69) is 37.0 Å². The van der Waals surface area contributed by atoms with E-state index in [4.69, 9.17) is 10.9 Å². The summed E-state index contributed by atoms with van der Waals surface area (Å²) in [5, 5.41) is 11.6. The number of thiophene rings is 1. The third-order valence-corrected chi connectivity index (χ3v) is 5.01. The zero-order valence-electron chi connectivity index (χ0n) is 10.6. The van der Waals surface area contributed by atoms with Crippen molar-refractivity contribution in [3.8, 4) is 0 Å². The summed E-state index contributed by atoms with van der Waals surface area (Å²) in [6.45, 7) is 4.67. The molecule has 3 N–H and O–H groups in total. The number of halogens is 2. The van der Waals surface area contributed by atoms with Crippen LogP contribution in [0, 0.1) is 5.92 Å². The van der Waals surface area contributed by atoms with Gasteiger partial charge in [0.15, 0.2) is 0 Å². The van der Waals surface area contributed by atoms with E-state index >= 15 is 0 Å². The van der Waals surface area contributed by atoms with Gasteiger partial charge in [-0.05, 0) is 44.8 Å². The molecule has 0 spiro atoms. The van der Waals surface area contributed by atoms with Gasteiger partial charge in [-0.2, -0.15) is 0 Å². The molecule has 1 rings (SSSR count). The maximum Gasteiger partial charge on any atom is 0.255 e. The molecule has 1 amide bonds. The lowest BCUT2D eigenvalue weighted by molar-refractivity contribution is 0.0753. The zero-order chi connectivity index (χ0) is 14.6. The quantitative estimate of drug-likeness (QED) is 0.337. The summed E-state index contributed by atoms with van der Waals surface area (Å²) in [6, 6.07) is 1.79. The van der Waals surface area contributed by atoms with Gasteiger partial charge >= 0.3 is 0 Å². The Morgan fingerprint density at radius 2 is 2.26 bits per heavy atom. The van der Waals surface area contributed by atoms with Gasteiger partial charge < -0.3 is 15.8 Å². The molecule has 0 aliphatic carbocycles. The minimum Gasteiger partial charge on any atom is -0.409 e. The topological polar surface area (TPSA) is 78.9 Å². The SMILES string of the molecule is CCN(CC(C)/C(N)=N/O)C(=O)c1cc(Br)sc1Br. The number of oxime groups is 1. The molecule has 0 aromatic carbocycles. The molecule has 0 bridgehead atoms. The molecule has 19 heavy (non-hydrogen) atoms. The summed E-state index contributed by atoms with van der Waals surface area (Å²) >= 11 is 8.18. The van der Waals surface area contributed by atoms with E-state index in [-0.39, 0.29) is 17.7 Å². The summed E-state index contributed by atoms with van der Waals surface area (Å²) in [4.78, 5) is 14.1. The number of hydrogen-bond donors (Lipinski definition) is 2. The van der Waals surface area contributed by atoms with Crippen LogP contribution in [0.25, 0.3) is 0 Å². The molecule has 1 aromatic heterocycles. The van der Waals surface area contributed by atoms with Crippen molar-refractivity contribution in [1.29, 1.82) is 0 Å². The average Bonchev–Trinajstić information content (AvgIpc) is 2.72. The van der Waals surface area contributed by atoms with E-state index < -0.39 is 0 Å². The van der Waals surface area contributed by atoms with Crippen molar-refractivity contribution in [2.24, 2.45) is 16.8 Å². The number of amidine groups is 1. The molecule has 0 saturated heterocycles. The standard InChI is InChI=1S/C11H15Br2N3O2S/c1-3-16(5-6(2)10(14)15-18)11(17)7-4-8(12)19-9(7)13/h4,6,18H,3,5H2,1-2H3,(H2,14,15). The van der Waals surface area contributed by atoms with Crippen molar-refractivity contribution < 1.29 is 10.0 Å². The first kappa shape index (κ1) is 16.5. The third kappa shape index (κ3) is 4.19. The van der Waals surface area contributed by atoms with Crippen molar-refractivity contribution >= 4 is 54.9 Å². The maximum absolute atomic E-state index is 12.4. The number of amides is 1. The minimum absolute atomic E-state index is 0.0751. The van der Waals surface area contributed by atoms with Crippen molar-refractivity contribution in [1.82, 2.24) is 4.90 Å². The molecule has 1 atom stereocenters. The summed E-state index contributed by atoms with van der Waals surface area (Å²) < 4.78 is 1.68. The Balaban J connectivity index is 2.86. The fourth-order valence-electron chi connectivity index (χ4n) is 1.53. The van der Waals surface area contributed by atoms with Crippen LogP contribution in [0.5, 0.6) is 0 Å². The molecule has 106 valence electrons. The third-order valence-electron chi connectivity index (χ3n) is 2.67. The van der Waals surface area contributed by atoms with Gasteiger partial charge in [0.1, 0.15) is 5.84 Å². The van der Waals surface area contributed by atoms with Crippen LogP contribution < -0.4 is 5.73 Å². The number of nitrogens with two attached hydrogens (primary N) is 1. The van der Waals surface area contributed by atoms with E-state index in [0.29, 0.717) is 18.7 Å². The molecule has 0 aliphatic rings. The van der Waals surface area contributed by atoms with Crippen LogP contribution in [-0.4, -0.2) is 34.9 Å². The number of carbonyl (C=O) groups is 1. The molecule has 1 unspecified atom stereocenters. The highest BCUT2D eigenvalue weighted by molar-refractivity contribution is 9.12. The highest BCUT2D eigenvalue weighted by atomic mass is 79.9. The molecular formula is C11H15Br2N3O2S. The van der Waals surface area contributed by atoms with Crippen molar-refractivity contribution in [3.63, 3.8) is 0 Å². The number of carbonyl (C=O) groups excluding carboxylic acids is 1. The smallest absolute Gasteiger partial charge is 0.255 e. The van der Waals surface area contributed by atoms with Crippen LogP contribution in [0.15, 0.2) is 18.8 Å². The molecular weight excluding hydrogens is 398 g/mol. The Bertz CT molecular complexity index is 490. The molecule has 0 aliphatic heterocycles. The first-order valence-electron chi connectivity index (χ1n) is 5.62. The molecule has 8 heteroatoms. The van der Waals surface area contributed by atoms with E-state index in [9.17, 15) is 4.79 Å². The fraction of sp³-hybridized carbons (Fsp3) is 0.455. The summed E-state index contributed by atoms with van der Waals surface area (Å²) in [5.41, 5.74) is 6.16. The largest absolute Gasteiger partial charge is 0.409 e. The van der Waals surface area contributed by atoms with E-state index in [0.717, 1.165) is 7.57 Å². The average molecular weight is 413 g/mol. The summed E-state index contributed by atoms with van der Waals surface area (Å²) in [7, 11) is 0. The van der Waals surface area contributed by atoms with Crippen LogP contribution >= 0.6 is 43.2 Å². The van der Waals surface area contributed by atoms with Gasteiger partial charge in [-0.1, -0.05) is 12.1 Å². The Morgan fingerprint density at radius 3 is 2.68 bits per heavy atom. The van der Waals surface area contributed by atoms with Crippen molar-refractivity contribution in [2.75, 3.05) is 13.1 Å². The van der Waals surface area contributed by atoms with Crippen LogP contribution in [0.3, 0.4) is 0 Å². The summed E-state index contributed by atoms with van der Waals surface area (Å²) in [5.74, 6) is -0.152. The van der Waals surface area contributed by atoms with Gasteiger partial charge in [-0.15, -0.1) is 11.3 Å². The molecule has 5 nitrogen and oxygen atoms in total. The van der Waals surface area contributed by atoms with Crippen LogP contribution in [0.4, 0.5) is 0 Å². The fourth-order valence-corrected chi connectivity index (χ4v) is 4.31.